The molecule has 3 N–H and O–H groups in total. The van der Waals surface area contributed by atoms with Crippen molar-refractivity contribution in [3.63, 3.8) is 0 Å². The van der Waals surface area contributed by atoms with E-state index in [-0.39, 0.29) is 11.8 Å². The van der Waals surface area contributed by atoms with Crippen molar-refractivity contribution < 1.29 is 4.79 Å². The van der Waals surface area contributed by atoms with Crippen molar-refractivity contribution in [2.45, 2.75) is 19.3 Å². The van der Waals surface area contributed by atoms with E-state index in [1.165, 1.54) is 11.5 Å². The van der Waals surface area contributed by atoms with Gasteiger partial charge in [-0.2, -0.15) is 0 Å². The Morgan fingerprint density at radius 2 is 2.14 bits per heavy atom. The molecule has 2 aromatic rings. The van der Waals surface area contributed by atoms with Crippen molar-refractivity contribution in [3.8, 4) is 11.3 Å². The molecule has 0 aliphatic heterocycles. The van der Waals surface area contributed by atoms with Gasteiger partial charge < -0.3 is 11.1 Å². The highest BCUT2D eigenvalue weighted by Crippen LogP contribution is 2.32. The predicted molar refractivity (Wildman–Crippen MR) is 83.9 cm³/mol. The first kappa shape index (κ1) is 14.2. The van der Waals surface area contributed by atoms with Gasteiger partial charge in [0.05, 0.1) is 0 Å². The van der Waals surface area contributed by atoms with Gasteiger partial charge in [-0.05, 0) is 49.0 Å². The minimum absolute atomic E-state index is 0.0532. The lowest BCUT2D eigenvalue weighted by atomic mass is 9.95. The van der Waals surface area contributed by atoms with E-state index in [0.29, 0.717) is 12.5 Å². The number of hydrogen-bond acceptors (Lipinski definition) is 5. The van der Waals surface area contributed by atoms with Gasteiger partial charge in [0, 0.05) is 22.5 Å². The van der Waals surface area contributed by atoms with Crippen LogP contribution in [0.1, 0.15) is 19.3 Å². The van der Waals surface area contributed by atoms with Crippen LogP contribution in [0.2, 0.25) is 0 Å². The number of anilines is 1. The van der Waals surface area contributed by atoms with Crippen LogP contribution in [0.15, 0.2) is 29.6 Å². The van der Waals surface area contributed by atoms with Crippen LogP contribution in [0, 0.1) is 11.8 Å². The monoisotopic (exact) mass is 302 g/mol. The number of nitrogens with two attached hydrogens (primary N) is 1. The average molecular weight is 302 g/mol. The SMILES string of the molecule is NC[C@H]1CCC[C@H]1C(=O)Nc1ccc(-c2csnn2)cc1. The number of aromatic nitrogens is 2. The molecule has 1 aromatic carbocycles. The quantitative estimate of drug-likeness (QED) is 0.909. The van der Waals surface area contributed by atoms with E-state index in [1.54, 1.807) is 0 Å². The molecular weight excluding hydrogens is 284 g/mol. The number of nitrogens with one attached hydrogen (secondary N) is 1. The zero-order valence-electron chi connectivity index (χ0n) is 11.7. The Balaban J connectivity index is 1.66. The molecule has 110 valence electrons. The van der Waals surface area contributed by atoms with E-state index in [1.807, 2.05) is 29.6 Å². The van der Waals surface area contributed by atoms with Gasteiger partial charge in [-0.25, -0.2) is 0 Å². The summed E-state index contributed by atoms with van der Waals surface area (Å²) in [6.45, 7) is 0.591. The second-order valence-electron chi connectivity index (χ2n) is 5.39. The molecular formula is C15H18N4OS. The van der Waals surface area contributed by atoms with Gasteiger partial charge in [-0.1, -0.05) is 23.0 Å². The molecule has 0 unspecified atom stereocenters. The number of rotatable bonds is 4. The molecule has 1 aliphatic rings. The third kappa shape index (κ3) is 3.11. The molecule has 0 radical (unpaired) electrons. The summed E-state index contributed by atoms with van der Waals surface area (Å²) >= 11 is 1.33. The largest absolute Gasteiger partial charge is 0.330 e. The summed E-state index contributed by atoms with van der Waals surface area (Å²) in [4.78, 5) is 12.3. The average Bonchev–Trinajstić information content (AvgIpc) is 3.19. The van der Waals surface area contributed by atoms with E-state index >= 15 is 0 Å². The number of benzene rings is 1. The lowest BCUT2D eigenvalue weighted by Gasteiger charge is -2.17. The normalized spacial score (nSPS) is 21.4. The Labute approximate surface area is 127 Å². The highest BCUT2D eigenvalue weighted by atomic mass is 32.1. The third-order valence-corrected chi connectivity index (χ3v) is 4.61. The van der Waals surface area contributed by atoms with Crippen molar-refractivity contribution in [2.75, 3.05) is 11.9 Å². The number of amides is 1. The molecule has 0 bridgehead atoms. The fourth-order valence-electron chi connectivity index (χ4n) is 2.91. The second kappa shape index (κ2) is 6.32. The van der Waals surface area contributed by atoms with Crippen LogP contribution in [0.3, 0.4) is 0 Å². The highest BCUT2D eigenvalue weighted by Gasteiger charge is 2.31. The lowest BCUT2D eigenvalue weighted by Crippen LogP contribution is -2.29. The van der Waals surface area contributed by atoms with Crippen molar-refractivity contribution in [1.82, 2.24) is 9.59 Å². The van der Waals surface area contributed by atoms with Crippen LogP contribution >= 0.6 is 11.5 Å². The van der Waals surface area contributed by atoms with Crippen LogP contribution in [0.25, 0.3) is 11.3 Å². The lowest BCUT2D eigenvalue weighted by molar-refractivity contribution is -0.120. The standard InChI is InChI=1S/C15H18N4OS/c16-8-11-2-1-3-13(11)15(20)17-12-6-4-10(5-7-12)14-9-21-19-18-14/h4-7,9,11,13H,1-3,8,16H2,(H,17,20)/t11-,13-/m1/s1. The number of carbonyl (C=O) groups is 1. The van der Waals surface area contributed by atoms with E-state index < -0.39 is 0 Å². The zero-order chi connectivity index (χ0) is 14.7. The molecule has 0 spiro atoms. The Hall–Kier alpha value is -1.79. The minimum Gasteiger partial charge on any atom is -0.330 e. The smallest absolute Gasteiger partial charge is 0.227 e. The van der Waals surface area contributed by atoms with Crippen LogP contribution in [-0.4, -0.2) is 22.0 Å². The maximum absolute atomic E-state index is 12.3. The summed E-state index contributed by atoms with van der Waals surface area (Å²) in [5, 5.41) is 8.92. The molecule has 21 heavy (non-hydrogen) atoms. The Morgan fingerprint density at radius 1 is 1.33 bits per heavy atom. The number of nitrogens with zero attached hydrogens (tertiary/aromatic N) is 2. The van der Waals surface area contributed by atoms with Crippen LogP contribution < -0.4 is 11.1 Å². The van der Waals surface area contributed by atoms with Gasteiger partial charge in [-0.15, -0.1) is 5.10 Å². The van der Waals surface area contributed by atoms with Crippen LogP contribution in [-0.2, 0) is 4.79 Å². The molecule has 6 heteroatoms. The second-order valence-corrected chi connectivity index (χ2v) is 6.00. The van der Waals surface area contributed by atoms with E-state index in [0.717, 1.165) is 36.2 Å². The van der Waals surface area contributed by atoms with Gasteiger partial charge in [0.25, 0.3) is 0 Å². The summed E-state index contributed by atoms with van der Waals surface area (Å²) < 4.78 is 3.85. The van der Waals surface area contributed by atoms with Crippen LogP contribution in [0.4, 0.5) is 5.69 Å². The van der Waals surface area contributed by atoms with Crippen molar-refractivity contribution >= 4 is 23.1 Å². The Morgan fingerprint density at radius 3 is 2.81 bits per heavy atom. The number of hydrogen-bond donors (Lipinski definition) is 2. The molecule has 1 aliphatic carbocycles. The summed E-state index contributed by atoms with van der Waals surface area (Å²) in [6, 6.07) is 7.70. The Bertz CT molecular complexity index is 597. The first-order chi connectivity index (χ1) is 10.3. The molecule has 0 saturated heterocycles. The number of carbonyl (C=O) groups excluding carboxylic acids is 1. The minimum atomic E-state index is 0.0532. The maximum atomic E-state index is 12.3. The molecule has 5 nitrogen and oxygen atoms in total. The molecule has 1 fully saturated rings. The Kier molecular flexibility index (Phi) is 4.26. The van der Waals surface area contributed by atoms with Gasteiger partial charge in [0.2, 0.25) is 5.91 Å². The van der Waals surface area contributed by atoms with Crippen LogP contribution in [0.5, 0.6) is 0 Å². The summed E-state index contributed by atoms with van der Waals surface area (Å²) in [5.74, 6) is 0.466. The molecule has 2 atom stereocenters. The van der Waals surface area contributed by atoms with Gasteiger partial charge in [0.1, 0.15) is 5.69 Å². The van der Waals surface area contributed by atoms with Gasteiger partial charge >= 0.3 is 0 Å². The van der Waals surface area contributed by atoms with E-state index in [9.17, 15) is 4.79 Å². The molecule has 1 amide bonds. The fraction of sp³-hybridized carbons (Fsp3) is 0.400. The molecule has 1 heterocycles. The van der Waals surface area contributed by atoms with Crippen molar-refractivity contribution in [3.05, 3.63) is 29.6 Å². The summed E-state index contributed by atoms with van der Waals surface area (Å²) in [6.07, 6.45) is 3.09. The first-order valence-electron chi connectivity index (χ1n) is 7.16. The highest BCUT2D eigenvalue weighted by molar-refractivity contribution is 7.03. The molecule has 1 saturated carbocycles. The van der Waals surface area contributed by atoms with E-state index in [2.05, 4.69) is 14.9 Å². The predicted octanol–water partition coefficient (Wildman–Crippen LogP) is 2.52. The van der Waals surface area contributed by atoms with Gasteiger partial charge in [0.15, 0.2) is 0 Å². The summed E-state index contributed by atoms with van der Waals surface area (Å²) in [5.41, 5.74) is 8.41. The maximum Gasteiger partial charge on any atom is 0.227 e. The zero-order valence-corrected chi connectivity index (χ0v) is 12.5. The topological polar surface area (TPSA) is 80.9 Å². The fourth-order valence-corrected chi connectivity index (χ4v) is 3.38. The third-order valence-electron chi connectivity index (χ3n) is 4.11. The van der Waals surface area contributed by atoms with Crippen molar-refractivity contribution in [2.24, 2.45) is 17.6 Å². The molecule has 1 aromatic heterocycles. The van der Waals surface area contributed by atoms with E-state index in [4.69, 9.17) is 5.73 Å². The van der Waals surface area contributed by atoms with Gasteiger partial charge in [-0.3, -0.25) is 4.79 Å². The summed E-state index contributed by atoms with van der Waals surface area (Å²) in [7, 11) is 0. The van der Waals surface area contributed by atoms with Crippen molar-refractivity contribution in [1.29, 1.82) is 0 Å². The molecule has 3 rings (SSSR count). The first-order valence-corrected chi connectivity index (χ1v) is 8.00.